The van der Waals surface area contributed by atoms with Crippen LogP contribution in [0.25, 0.3) is 11.3 Å². The van der Waals surface area contributed by atoms with Crippen molar-refractivity contribution in [2.24, 2.45) is 0 Å². The number of carbonyl (C=O) groups is 1. The second-order valence-electron chi connectivity index (χ2n) is 11.3. The Hall–Kier alpha value is -4.47. The molecule has 2 aliphatic rings. The zero-order valence-electron chi connectivity index (χ0n) is 24.8. The van der Waals surface area contributed by atoms with Crippen LogP contribution in [0, 0.1) is 0 Å². The second-order valence-corrected chi connectivity index (χ2v) is 11.3. The third kappa shape index (κ3) is 6.96. The molecule has 0 radical (unpaired) electrons. The highest BCUT2D eigenvalue weighted by Crippen LogP contribution is 2.42. The van der Waals surface area contributed by atoms with Gasteiger partial charge in [-0.1, -0.05) is 42.5 Å². The predicted octanol–water partition coefficient (Wildman–Crippen LogP) is 5.53. The molecular formula is C34H39N7O2. The molecule has 1 atom stereocenters. The van der Waals surface area contributed by atoms with Gasteiger partial charge in [-0.2, -0.15) is 0 Å². The van der Waals surface area contributed by atoms with E-state index in [1.807, 2.05) is 36.5 Å². The van der Waals surface area contributed by atoms with Crippen LogP contribution in [0.2, 0.25) is 0 Å². The molecule has 2 amide bonds. The maximum absolute atomic E-state index is 12.6. The number of nitrogens with zero attached hydrogens (tertiary/aromatic N) is 4. The number of hydrogen-bond acceptors (Lipinski definition) is 7. The molecule has 1 saturated heterocycles. The molecule has 0 bridgehead atoms. The summed E-state index contributed by atoms with van der Waals surface area (Å²) in [5.41, 5.74) is 7.13. The largest absolute Gasteiger partial charge is 0.497 e. The summed E-state index contributed by atoms with van der Waals surface area (Å²) in [5, 5.41) is 9.22. The van der Waals surface area contributed by atoms with E-state index in [1.54, 1.807) is 13.2 Å². The molecule has 43 heavy (non-hydrogen) atoms. The Kier molecular flexibility index (Phi) is 8.81. The lowest BCUT2D eigenvalue weighted by atomic mass is 9.78. The number of urea groups is 1. The summed E-state index contributed by atoms with van der Waals surface area (Å²) >= 11 is 0. The molecule has 3 aromatic carbocycles. The van der Waals surface area contributed by atoms with E-state index in [0.717, 1.165) is 74.6 Å². The van der Waals surface area contributed by atoms with Gasteiger partial charge in [-0.3, -0.25) is 0 Å². The normalized spacial score (nSPS) is 16.6. The number of anilines is 3. The van der Waals surface area contributed by atoms with Gasteiger partial charge in [-0.05, 0) is 67.4 Å². The van der Waals surface area contributed by atoms with Crippen LogP contribution >= 0.6 is 0 Å². The maximum Gasteiger partial charge on any atom is 0.323 e. The van der Waals surface area contributed by atoms with Crippen molar-refractivity contribution < 1.29 is 9.53 Å². The number of carbonyl (C=O) groups excluding carboxylic acids is 1. The van der Waals surface area contributed by atoms with Gasteiger partial charge >= 0.3 is 6.03 Å². The van der Waals surface area contributed by atoms with E-state index in [0.29, 0.717) is 17.4 Å². The molecule has 2 heterocycles. The summed E-state index contributed by atoms with van der Waals surface area (Å²) in [6, 6.07) is 23.6. The number of aromatic nitrogens is 2. The first-order valence-electron chi connectivity index (χ1n) is 15.0. The van der Waals surface area contributed by atoms with Crippen LogP contribution < -0.4 is 20.7 Å². The smallest absolute Gasteiger partial charge is 0.323 e. The van der Waals surface area contributed by atoms with E-state index in [-0.39, 0.29) is 11.9 Å². The van der Waals surface area contributed by atoms with Crippen molar-refractivity contribution in [3.63, 3.8) is 0 Å². The zero-order chi connectivity index (χ0) is 29.6. The van der Waals surface area contributed by atoms with E-state index in [9.17, 15) is 4.79 Å². The third-order valence-electron chi connectivity index (χ3n) is 8.31. The SMILES string of the molecule is COc1cccc(NC(=O)Nc2ccc(C3Cc4cnc(NCCCN5CCN(C)CC5)nc4-c4ccccc43)cc2)c1. The molecule has 9 heteroatoms. The summed E-state index contributed by atoms with van der Waals surface area (Å²) in [5.74, 6) is 1.55. The van der Waals surface area contributed by atoms with Crippen molar-refractivity contribution in [3.8, 4) is 17.0 Å². The van der Waals surface area contributed by atoms with Gasteiger partial charge in [0.05, 0.1) is 12.8 Å². The highest BCUT2D eigenvalue weighted by molar-refractivity contribution is 5.99. The lowest BCUT2D eigenvalue weighted by Crippen LogP contribution is -2.44. The molecule has 9 nitrogen and oxygen atoms in total. The number of methoxy groups -OCH3 is 1. The van der Waals surface area contributed by atoms with Crippen LogP contribution in [-0.4, -0.2) is 79.2 Å². The summed E-state index contributed by atoms with van der Waals surface area (Å²) in [4.78, 5) is 27.1. The Morgan fingerprint density at radius 2 is 1.74 bits per heavy atom. The minimum absolute atomic E-state index is 0.175. The van der Waals surface area contributed by atoms with Crippen molar-refractivity contribution in [1.82, 2.24) is 19.8 Å². The highest BCUT2D eigenvalue weighted by atomic mass is 16.5. The van der Waals surface area contributed by atoms with Crippen molar-refractivity contribution in [2.45, 2.75) is 18.8 Å². The lowest BCUT2D eigenvalue weighted by Gasteiger charge is -2.32. The van der Waals surface area contributed by atoms with Gasteiger partial charge in [0, 0.05) is 67.8 Å². The molecule has 1 unspecified atom stereocenters. The van der Waals surface area contributed by atoms with Crippen LogP contribution in [0.1, 0.15) is 29.0 Å². The summed E-state index contributed by atoms with van der Waals surface area (Å²) < 4.78 is 5.23. The number of ether oxygens (including phenoxy) is 1. The Bertz CT molecular complexity index is 1550. The minimum atomic E-state index is -0.307. The molecule has 0 spiro atoms. The van der Waals surface area contributed by atoms with Gasteiger partial charge in [0.15, 0.2) is 0 Å². The summed E-state index contributed by atoms with van der Waals surface area (Å²) in [6.07, 6.45) is 3.86. The first kappa shape index (κ1) is 28.6. The average molecular weight is 578 g/mol. The predicted molar refractivity (Wildman–Crippen MR) is 172 cm³/mol. The van der Waals surface area contributed by atoms with Gasteiger partial charge in [0.25, 0.3) is 0 Å². The van der Waals surface area contributed by atoms with Crippen molar-refractivity contribution >= 4 is 23.4 Å². The molecular weight excluding hydrogens is 538 g/mol. The second kappa shape index (κ2) is 13.2. The van der Waals surface area contributed by atoms with Gasteiger partial charge in [0.2, 0.25) is 5.95 Å². The lowest BCUT2D eigenvalue weighted by molar-refractivity contribution is 0.154. The van der Waals surface area contributed by atoms with Gasteiger partial charge < -0.3 is 30.5 Å². The van der Waals surface area contributed by atoms with Crippen LogP contribution in [0.15, 0.2) is 79.0 Å². The number of rotatable bonds is 9. The highest BCUT2D eigenvalue weighted by Gasteiger charge is 2.27. The average Bonchev–Trinajstić information content (AvgIpc) is 3.04. The summed E-state index contributed by atoms with van der Waals surface area (Å²) in [7, 11) is 3.79. The monoisotopic (exact) mass is 577 g/mol. The molecule has 6 rings (SSSR count). The standard InChI is InChI=1S/C34H39N7O2/c1-40-17-19-41(20-18-40)16-6-15-35-33-36-23-25-21-31(29-9-3-4-10-30(29)32(25)39-33)24-11-13-26(14-12-24)37-34(42)38-27-7-5-8-28(22-27)43-2/h3-5,7-14,22-23,31H,6,15-21H2,1-2H3,(H,35,36,39)(H2,37,38,42). The van der Waals surface area contributed by atoms with Crippen molar-refractivity contribution in [3.05, 3.63) is 95.7 Å². The van der Waals surface area contributed by atoms with E-state index in [4.69, 9.17) is 9.72 Å². The number of amides is 2. The van der Waals surface area contributed by atoms with Crippen LogP contribution in [-0.2, 0) is 6.42 Å². The fraction of sp³-hybridized carbons (Fsp3) is 0.324. The fourth-order valence-electron chi connectivity index (χ4n) is 5.89. The molecule has 1 aromatic heterocycles. The van der Waals surface area contributed by atoms with Crippen LogP contribution in [0.3, 0.4) is 0 Å². The van der Waals surface area contributed by atoms with Crippen LogP contribution in [0.5, 0.6) is 5.75 Å². The number of nitrogens with one attached hydrogen (secondary N) is 3. The van der Waals surface area contributed by atoms with Gasteiger partial charge in [0.1, 0.15) is 5.75 Å². The number of likely N-dealkylation sites (N-methyl/N-ethyl adjacent to an activating group) is 1. The first-order valence-corrected chi connectivity index (χ1v) is 15.0. The molecule has 1 aliphatic heterocycles. The van der Waals surface area contributed by atoms with Gasteiger partial charge in [-0.15, -0.1) is 0 Å². The van der Waals surface area contributed by atoms with E-state index < -0.39 is 0 Å². The minimum Gasteiger partial charge on any atom is -0.497 e. The zero-order valence-corrected chi connectivity index (χ0v) is 24.8. The van der Waals surface area contributed by atoms with Gasteiger partial charge in [-0.25, -0.2) is 14.8 Å². The molecule has 4 aromatic rings. The van der Waals surface area contributed by atoms with E-state index in [1.165, 1.54) is 11.1 Å². The number of piperazine rings is 1. The first-order chi connectivity index (χ1) is 21.1. The van der Waals surface area contributed by atoms with Crippen molar-refractivity contribution in [2.75, 3.05) is 69.4 Å². The number of benzene rings is 3. The van der Waals surface area contributed by atoms with Crippen molar-refractivity contribution in [1.29, 1.82) is 0 Å². The molecule has 222 valence electrons. The molecule has 3 N–H and O–H groups in total. The Morgan fingerprint density at radius 3 is 2.56 bits per heavy atom. The third-order valence-corrected chi connectivity index (χ3v) is 8.31. The molecule has 1 fully saturated rings. The number of hydrogen-bond donors (Lipinski definition) is 3. The maximum atomic E-state index is 12.6. The summed E-state index contributed by atoms with van der Waals surface area (Å²) in [6.45, 7) is 6.52. The Balaban J connectivity index is 1.09. The Morgan fingerprint density at radius 1 is 0.953 bits per heavy atom. The van der Waals surface area contributed by atoms with E-state index in [2.05, 4.69) is 74.2 Å². The quantitative estimate of drug-likeness (QED) is 0.225. The van der Waals surface area contributed by atoms with Crippen LogP contribution in [0.4, 0.5) is 22.1 Å². The molecule has 0 saturated carbocycles. The van der Waals surface area contributed by atoms with E-state index >= 15 is 0 Å². The topological polar surface area (TPSA) is 94.6 Å². The Labute approximate surface area is 253 Å². The molecule has 1 aliphatic carbocycles. The number of fused-ring (bicyclic) bond motifs is 3. The fourth-order valence-corrected chi connectivity index (χ4v) is 5.89.